The molecule has 0 rings (SSSR count). The summed E-state index contributed by atoms with van der Waals surface area (Å²) in [5, 5.41) is 0. The highest BCUT2D eigenvalue weighted by molar-refractivity contribution is 6.69. The fraction of sp³-hybridized carbons (Fsp3) is 0.750. The van der Waals surface area contributed by atoms with Crippen LogP contribution in [0.1, 0.15) is 26.2 Å². The molecule has 0 atom stereocenters. The van der Waals surface area contributed by atoms with E-state index in [1.54, 1.807) is 0 Å². The molecule has 0 saturated heterocycles. The first-order chi connectivity index (χ1) is 7.45. The predicted molar refractivity (Wildman–Crippen MR) is 67.6 cm³/mol. The number of hydrogen-bond donors (Lipinski definition) is 0. The molecule has 0 aliphatic heterocycles. The summed E-state index contributed by atoms with van der Waals surface area (Å²) in [5.74, 6) is 5.82. The summed E-state index contributed by atoms with van der Waals surface area (Å²) < 4.78 is 10.4. The van der Waals surface area contributed by atoms with Crippen LogP contribution < -0.4 is 0 Å². The Hall–Kier alpha value is -0.793. The van der Waals surface area contributed by atoms with E-state index in [2.05, 4.69) is 31.5 Å². The van der Waals surface area contributed by atoms with Crippen LogP contribution in [0.4, 0.5) is 0 Å². The smallest absolute Gasteiger partial charge is 0.305 e. The maximum Gasteiger partial charge on any atom is 0.305 e. The van der Waals surface area contributed by atoms with E-state index in [0.29, 0.717) is 19.6 Å². The Morgan fingerprint density at radius 2 is 1.94 bits per heavy atom. The molecule has 16 heavy (non-hydrogen) atoms. The van der Waals surface area contributed by atoms with Gasteiger partial charge < -0.3 is 9.16 Å². The molecule has 0 radical (unpaired) electrons. The monoisotopic (exact) mass is 242 g/mol. The van der Waals surface area contributed by atoms with Crippen LogP contribution in [-0.4, -0.2) is 27.5 Å². The molecule has 0 aromatic heterocycles. The first-order valence-corrected chi connectivity index (χ1v) is 9.12. The van der Waals surface area contributed by atoms with Crippen molar-refractivity contribution in [2.45, 2.75) is 45.8 Å². The van der Waals surface area contributed by atoms with E-state index in [0.717, 1.165) is 12.8 Å². The third-order valence-electron chi connectivity index (χ3n) is 1.69. The van der Waals surface area contributed by atoms with Gasteiger partial charge in [-0.05, 0) is 33.0 Å². The minimum Gasteiger partial charge on any atom is -0.466 e. The van der Waals surface area contributed by atoms with Crippen LogP contribution in [-0.2, 0) is 14.0 Å². The zero-order chi connectivity index (χ0) is 12.4. The highest BCUT2D eigenvalue weighted by atomic mass is 28.4. The summed E-state index contributed by atoms with van der Waals surface area (Å²) >= 11 is 0. The third kappa shape index (κ3) is 11.3. The van der Waals surface area contributed by atoms with Gasteiger partial charge in [-0.15, -0.1) is 5.92 Å². The molecular weight excluding hydrogens is 220 g/mol. The van der Waals surface area contributed by atoms with Gasteiger partial charge in [-0.1, -0.05) is 5.92 Å². The number of hydrogen-bond acceptors (Lipinski definition) is 3. The lowest BCUT2D eigenvalue weighted by atomic mass is 10.2. The van der Waals surface area contributed by atoms with Gasteiger partial charge in [0, 0.05) is 12.8 Å². The Bertz CT molecular complexity index is 258. The Labute approximate surface area is 99.6 Å². The van der Waals surface area contributed by atoms with Gasteiger partial charge in [0.05, 0.1) is 13.2 Å². The van der Waals surface area contributed by atoms with Crippen molar-refractivity contribution in [1.29, 1.82) is 0 Å². The second-order valence-electron chi connectivity index (χ2n) is 4.41. The maximum absolute atomic E-state index is 11.0. The molecule has 0 saturated carbocycles. The van der Waals surface area contributed by atoms with Crippen molar-refractivity contribution in [1.82, 2.24) is 0 Å². The number of carbonyl (C=O) groups excluding carboxylic acids is 1. The van der Waals surface area contributed by atoms with Crippen molar-refractivity contribution < 1.29 is 14.0 Å². The van der Waals surface area contributed by atoms with E-state index in [-0.39, 0.29) is 5.97 Å². The molecule has 0 N–H and O–H groups in total. The summed E-state index contributed by atoms with van der Waals surface area (Å²) in [6.07, 6.45) is 1.95. The lowest BCUT2D eigenvalue weighted by Crippen LogP contribution is -2.25. The Balaban J connectivity index is 3.45. The molecule has 0 fully saturated rings. The number of ether oxygens (including phenoxy) is 1. The van der Waals surface area contributed by atoms with Crippen molar-refractivity contribution in [3.63, 3.8) is 0 Å². The number of esters is 1. The summed E-state index contributed by atoms with van der Waals surface area (Å²) in [4.78, 5) is 11.0. The summed E-state index contributed by atoms with van der Waals surface area (Å²) in [6, 6.07) is 0. The van der Waals surface area contributed by atoms with Gasteiger partial charge >= 0.3 is 5.97 Å². The highest BCUT2D eigenvalue weighted by Gasteiger charge is 2.12. The van der Waals surface area contributed by atoms with Crippen LogP contribution >= 0.6 is 0 Å². The van der Waals surface area contributed by atoms with Gasteiger partial charge in [0.25, 0.3) is 0 Å². The number of unbranched alkanes of at least 4 members (excludes halogenated alkanes) is 1. The van der Waals surface area contributed by atoms with Gasteiger partial charge in [0.1, 0.15) is 0 Å². The van der Waals surface area contributed by atoms with Crippen molar-refractivity contribution in [2.24, 2.45) is 0 Å². The molecule has 0 aromatic carbocycles. The molecule has 0 unspecified atom stereocenters. The van der Waals surface area contributed by atoms with Crippen molar-refractivity contribution >= 4 is 14.3 Å². The highest BCUT2D eigenvalue weighted by Crippen LogP contribution is 2.01. The van der Waals surface area contributed by atoms with E-state index >= 15 is 0 Å². The second kappa shape index (κ2) is 8.37. The fourth-order valence-electron chi connectivity index (χ4n) is 0.946. The molecule has 0 heterocycles. The van der Waals surface area contributed by atoms with Gasteiger partial charge in [-0.2, -0.15) is 0 Å². The topological polar surface area (TPSA) is 35.5 Å². The van der Waals surface area contributed by atoms with E-state index in [1.807, 2.05) is 6.92 Å². The summed E-state index contributed by atoms with van der Waals surface area (Å²) in [6.45, 7) is 9.18. The van der Waals surface area contributed by atoms with Crippen LogP contribution in [0.5, 0.6) is 0 Å². The van der Waals surface area contributed by atoms with Crippen LogP contribution in [0.3, 0.4) is 0 Å². The molecule has 92 valence electrons. The van der Waals surface area contributed by atoms with Gasteiger partial charge in [0.2, 0.25) is 0 Å². The zero-order valence-electron chi connectivity index (χ0n) is 10.8. The third-order valence-corrected chi connectivity index (χ3v) is 2.70. The van der Waals surface area contributed by atoms with Gasteiger partial charge in [0.15, 0.2) is 8.32 Å². The quantitative estimate of drug-likeness (QED) is 0.311. The van der Waals surface area contributed by atoms with Gasteiger partial charge in [-0.25, -0.2) is 0 Å². The molecule has 0 aliphatic carbocycles. The Morgan fingerprint density at radius 3 is 2.50 bits per heavy atom. The van der Waals surface area contributed by atoms with E-state index in [1.165, 1.54) is 0 Å². The molecule has 0 aliphatic rings. The average molecular weight is 242 g/mol. The van der Waals surface area contributed by atoms with Crippen molar-refractivity contribution in [3.05, 3.63) is 0 Å². The number of carbonyl (C=O) groups is 1. The Kier molecular flexibility index (Phi) is 7.95. The predicted octanol–water partition coefficient (Wildman–Crippen LogP) is 2.57. The molecule has 0 bridgehead atoms. The Morgan fingerprint density at radius 1 is 1.25 bits per heavy atom. The summed E-state index contributed by atoms with van der Waals surface area (Å²) in [7, 11) is -1.43. The van der Waals surface area contributed by atoms with Crippen LogP contribution in [0.15, 0.2) is 0 Å². The van der Waals surface area contributed by atoms with E-state index in [9.17, 15) is 4.79 Å². The van der Waals surface area contributed by atoms with Crippen molar-refractivity contribution in [2.75, 3.05) is 13.2 Å². The minimum absolute atomic E-state index is 0.136. The van der Waals surface area contributed by atoms with Gasteiger partial charge in [-0.3, -0.25) is 4.79 Å². The minimum atomic E-state index is -1.43. The molecular formula is C12H22O3Si. The van der Waals surface area contributed by atoms with Crippen LogP contribution in [0.2, 0.25) is 19.6 Å². The molecule has 0 aromatic rings. The standard InChI is InChI=1S/C12H22O3Si/c1-5-14-12(13)10-8-6-7-9-11-15-16(2,3)4/h5-6,8,10-11H2,1-4H3. The molecule has 3 nitrogen and oxygen atoms in total. The normalized spacial score (nSPS) is 10.5. The summed E-state index contributed by atoms with van der Waals surface area (Å²) in [5.41, 5.74) is 0. The lowest BCUT2D eigenvalue weighted by molar-refractivity contribution is -0.143. The first-order valence-electron chi connectivity index (χ1n) is 5.71. The second-order valence-corrected chi connectivity index (χ2v) is 8.93. The SMILES string of the molecule is CCOC(=O)CCCC#CCO[Si](C)(C)C. The maximum atomic E-state index is 11.0. The zero-order valence-corrected chi connectivity index (χ0v) is 11.8. The van der Waals surface area contributed by atoms with E-state index < -0.39 is 8.32 Å². The first kappa shape index (κ1) is 15.2. The number of rotatable bonds is 6. The van der Waals surface area contributed by atoms with Crippen molar-refractivity contribution in [3.8, 4) is 11.8 Å². The molecule has 0 amide bonds. The molecule has 0 spiro atoms. The largest absolute Gasteiger partial charge is 0.466 e. The molecule has 4 heteroatoms. The van der Waals surface area contributed by atoms with Crippen LogP contribution in [0, 0.1) is 11.8 Å². The lowest BCUT2D eigenvalue weighted by Gasteiger charge is -2.13. The average Bonchev–Trinajstić information content (AvgIpc) is 2.15. The van der Waals surface area contributed by atoms with Crippen LogP contribution in [0.25, 0.3) is 0 Å². The fourth-order valence-corrected chi connectivity index (χ4v) is 1.45. The van der Waals surface area contributed by atoms with E-state index in [4.69, 9.17) is 9.16 Å².